The summed E-state index contributed by atoms with van der Waals surface area (Å²) in [6.45, 7) is 5.38. The second-order valence-electron chi connectivity index (χ2n) is 4.33. The normalized spacial score (nSPS) is 16.6. The van der Waals surface area contributed by atoms with Crippen molar-refractivity contribution in [1.82, 2.24) is 0 Å². The van der Waals surface area contributed by atoms with E-state index in [2.05, 4.69) is 37.4 Å². The number of hydrogen-bond donors (Lipinski definition) is 2. The Morgan fingerprint density at radius 1 is 1.36 bits per heavy atom. The molecule has 1 aliphatic rings. The van der Waals surface area contributed by atoms with Gasteiger partial charge in [-0.1, -0.05) is 32.0 Å². The largest absolute Gasteiger partial charge is 0.384 e. The summed E-state index contributed by atoms with van der Waals surface area (Å²) in [4.78, 5) is 0. The van der Waals surface area contributed by atoms with Crippen molar-refractivity contribution in [3.05, 3.63) is 29.3 Å². The molecule has 1 heterocycles. The van der Waals surface area contributed by atoms with Crippen LogP contribution in [0.25, 0.3) is 0 Å². The SMILES string of the molecule is CC(C)[C@@H](N)c1cccc2c1NCC2. The zero-order chi connectivity index (χ0) is 10.1. The van der Waals surface area contributed by atoms with E-state index in [1.807, 2.05) is 0 Å². The predicted molar refractivity (Wildman–Crippen MR) is 60.4 cm³/mol. The summed E-state index contributed by atoms with van der Waals surface area (Å²) < 4.78 is 0. The van der Waals surface area contributed by atoms with Crippen molar-refractivity contribution in [3.63, 3.8) is 0 Å². The summed E-state index contributed by atoms with van der Waals surface area (Å²) >= 11 is 0. The molecule has 1 atom stereocenters. The number of nitrogens with two attached hydrogens (primary N) is 1. The van der Waals surface area contributed by atoms with Crippen LogP contribution in [0, 0.1) is 5.92 Å². The lowest BCUT2D eigenvalue weighted by Crippen LogP contribution is -2.18. The van der Waals surface area contributed by atoms with Crippen molar-refractivity contribution in [2.24, 2.45) is 11.7 Å². The molecule has 0 amide bonds. The highest BCUT2D eigenvalue weighted by Gasteiger charge is 2.19. The Morgan fingerprint density at radius 2 is 2.14 bits per heavy atom. The number of hydrogen-bond acceptors (Lipinski definition) is 2. The summed E-state index contributed by atoms with van der Waals surface area (Å²) in [5.74, 6) is 0.490. The van der Waals surface area contributed by atoms with E-state index in [0.29, 0.717) is 5.92 Å². The summed E-state index contributed by atoms with van der Waals surface area (Å²) in [6.07, 6.45) is 1.13. The van der Waals surface area contributed by atoms with Gasteiger partial charge in [0.1, 0.15) is 0 Å². The minimum absolute atomic E-state index is 0.149. The molecular weight excluding hydrogens is 172 g/mol. The van der Waals surface area contributed by atoms with Crippen molar-refractivity contribution in [2.75, 3.05) is 11.9 Å². The van der Waals surface area contributed by atoms with E-state index in [1.54, 1.807) is 0 Å². The lowest BCUT2D eigenvalue weighted by Gasteiger charge is -2.19. The molecular formula is C12H18N2. The van der Waals surface area contributed by atoms with E-state index in [4.69, 9.17) is 5.73 Å². The first-order valence-corrected chi connectivity index (χ1v) is 5.31. The van der Waals surface area contributed by atoms with Crippen molar-refractivity contribution in [3.8, 4) is 0 Å². The molecule has 2 rings (SSSR count). The molecule has 1 aliphatic heterocycles. The van der Waals surface area contributed by atoms with Crippen molar-refractivity contribution in [2.45, 2.75) is 26.3 Å². The summed E-state index contributed by atoms with van der Waals surface area (Å²) in [6, 6.07) is 6.59. The van der Waals surface area contributed by atoms with E-state index < -0.39 is 0 Å². The van der Waals surface area contributed by atoms with Gasteiger partial charge in [-0.25, -0.2) is 0 Å². The second-order valence-corrected chi connectivity index (χ2v) is 4.33. The summed E-state index contributed by atoms with van der Waals surface area (Å²) in [7, 11) is 0. The lowest BCUT2D eigenvalue weighted by atomic mass is 9.94. The maximum Gasteiger partial charge on any atom is 0.0422 e. The quantitative estimate of drug-likeness (QED) is 0.751. The molecule has 0 saturated heterocycles. The molecule has 14 heavy (non-hydrogen) atoms. The highest BCUT2D eigenvalue weighted by Crippen LogP contribution is 2.32. The zero-order valence-corrected chi connectivity index (χ0v) is 8.88. The number of para-hydroxylation sites is 1. The molecule has 0 fully saturated rings. The van der Waals surface area contributed by atoms with Crippen LogP contribution in [0.5, 0.6) is 0 Å². The van der Waals surface area contributed by atoms with Crippen LogP contribution in [-0.2, 0) is 6.42 Å². The molecule has 76 valence electrons. The van der Waals surface area contributed by atoms with Gasteiger partial charge in [0.25, 0.3) is 0 Å². The standard InChI is InChI=1S/C12H18N2/c1-8(2)11(13)10-5-3-4-9-6-7-14-12(9)10/h3-5,8,11,14H,6-7,13H2,1-2H3/t11-/m1/s1. The highest BCUT2D eigenvalue weighted by molar-refractivity contribution is 5.62. The molecule has 0 aromatic heterocycles. The Kier molecular flexibility index (Phi) is 2.46. The Bertz CT molecular complexity index is 331. The van der Waals surface area contributed by atoms with E-state index in [1.165, 1.54) is 16.8 Å². The molecule has 2 heteroatoms. The van der Waals surface area contributed by atoms with Crippen LogP contribution in [0.15, 0.2) is 18.2 Å². The Labute approximate surface area is 85.5 Å². The lowest BCUT2D eigenvalue weighted by molar-refractivity contribution is 0.515. The third kappa shape index (κ3) is 1.50. The van der Waals surface area contributed by atoms with Crippen LogP contribution in [0.2, 0.25) is 0 Å². The Hall–Kier alpha value is -1.02. The number of benzene rings is 1. The molecule has 2 nitrogen and oxygen atoms in total. The van der Waals surface area contributed by atoms with E-state index in [-0.39, 0.29) is 6.04 Å². The van der Waals surface area contributed by atoms with Gasteiger partial charge in [-0.3, -0.25) is 0 Å². The summed E-state index contributed by atoms with van der Waals surface area (Å²) in [5, 5.41) is 3.42. The fraction of sp³-hybridized carbons (Fsp3) is 0.500. The van der Waals surface area contributed by atoms with Crippen LogP contribution in [0.3, 0.4) is 0 Å². The van der Waals surface area contributed by atoms with Crippen LogP contribution >= 0.6 is 0 Å². The number of fused-ring (bicyclic) bond motifs is 1. The van der Waals surface area contributed by atoms with Gasteiger partial charge in [-0.2, -0.15) is 0 Å². The third-order valence-electron chi connectivity index (χ3n) is 2.96. The average Bonchev–Trinajstić information content (AvgIpc) is 2.63. The molecule has 1 aromatic carbocycles. The van der Waals surface area contributed by atoms with Crippen molar-refractivity contribution in [1.29, 1.82) is 0 Å². The molecule has 0 radical (unpaired) electrons. The van der Waals surface area contributed by atoms with Gasteiger partial charge in [-0.15, -0.1) is 0 Å². The topological polar surface area (TPSA) is 38.0 Å². The maximum atomic E-state index is 6.17. The molecule has 0 unspecified atom stereocenters. The Morgan fingerprint density at radius 3 is 2.86 bits per heavy atom. The molecule has 0 saturated carbocycles. The van der Waals surface area contributed by atoms with Gasteiger partial charge in [0, 0.05) is 18.3 Å². The van der Waals surface area contributed by atoms with Crippen LogP contribution in [0.1, 0.15) is 31.0 Å². The fourth-order valence-corrected chi connectivity index (χ4v) is 2.00. The smallest absolute Gasteiger partial charge is 0.0422 e. The first-order chi connectivity index (χ1) is 6.70. The number of anilines is 1. The molecule has 0 aliphatic carbocycles. The number of rotatable bonds is 2. The third-order valence-corrected chi connectivity index (χ3v) is 2.96. The molecule has 0 bridgehead atoms. The average molecular weight is 190 g/mol. The minimum Gasteiger partial charge on any atom is -0.384 e. The van der Waals surface area contributed by atoms with E-state index in [0.717, 1.165) is 13.0 Å². The van der Waals surface area contributed by atoms with Gasteiger partial charge in [0.15, 0.2) is 0 Å². The van der Waals surface area contributed by atoms with E-state index in [9.17, 15) is 0 Å². The van der Waals surface area contributed by atoms with Gasteiger partial charge in [0.2, 0.25) is 0 Å². The molecule has 1 aromatic rings. The monoisotopic (exact) mass is 190 g/mol. The Balaban J connectivity index is 2.39. The second kappa shape index (κ2) is 3.62. The van der Waals surface area contributed by atoms with Gasteiger partial charge in [-0.05, 0) is 23.5 Å². The van der Waals surface area contributed by atoms with Gasteiger partial charge >= 0.3 is 0 Å². The molecule has 0 spiro atoms. The van der Waals surface area contributed by atoms with Crippen molar-refractivity contribution >= 4 is 5.69 Å². The number of nitrogens with one attached hydrogen (secondary N) is 1. The fourth-order valence-electron chi connectivity index (χ4n) is 2.00. The molecule has 3 N–H and O–H groups in total. The first kappa shape index (κ1) is 9.53. The van der Waals surface area contributed by atoms with Crippen LogP contribution in [-0.4, -0.2) is 6.54 Å². The van der Waals surface area contributed by atoms with Crippen LogP contribution < -0.4 is 11.1 Å². The van der Waals surface area contributed by atoms with Gasteiger partial charge in [0.05, 0.1) is 0 Å². The predicted octanol–water partition coefficient (Wildman–Crippen LogP) is 2.31. The van der Waals surface area contributed by atoms with Crippen molar-refractivity contribution < 1.29 is 0 Å². The first-order valence-electron chi connectivity index (χ1n) is 5.31. The van der Waals surface area contributed by atoms with Gasteiger partial charge < -0.3 is 11.1 Å². The van der Waals surface area contributed by atoms with E-state index >= 15 is 0 Å². The maximum absolute atomic E-state index is 6.17. The summed E-state index contributed by atoms with van der Waals surface area (Å²) in [5.41, 5.74) is 10.1. The van der Waals surface area contributed by atoms with Crippen LogP contribution in [0.4, 0.5) is 5.69 Å². The highest BCUT2D eigenvalue weighted by atomic mass is 14.9. The minimum atomic E-state index is 0.149. The zero-order valence-electron chi connectivity index (χ0n) is 8.88.